The van der Waals surface area contributed by atoms with E-state index >= 15 is 0 Å². The Morgan fingerprint density at radius 3 is 2.56 bits per heavy atom. The molecule has 0 aliphatic rings. The van der Waals surface area contributed by atoms with Gasteiger partial charge in [0.1, 0.15) is 5.69 Å². The minimum atomic E-state index is -3.93. The Kier molecular flexibility index (Phi) is 4.25. The molecule has 0 saturated heterocycles. The second kappa shape index (κ2) is 5.32. The van der Waals surface area contributed by atoms with Crippen LogP contribution in [0.1, 0.15) is 13.8 Å². The highest BCUT2D eigenvalue weighted by Crippen LogP contribution is 2.29. The molecule has 3 N–H and O–H groups in total. The first-order chi connectivity index (χ1) is 8.25. The van der Waals surface area contributed by atoms with E-state index in [1.54, 1.807) is 0 Å². The molecule has 18 heavy (non-hydrogen) atoms. The van der Waals surface area contributed by atoms with Crippen molar-refractivity contribution in [1.29, 1.82) is 0 Å². The first kappa shape index (κ1) is 14.4. The Labute approximate surface area is 105 Å². The summed E-state index contributed by atoms with van der Waals surface area (Å²) in [5.74, 6) is 0.0971. The summed E-state index contributed by atoms with van der Waals surface area (Å²) < 4.78 is 26.2. The number of nitro benzene ring substituents is 1. The van der Waals surface area contributed by atoms with Crippen molar-refractivity contribution in [2.75, 3.05) is 12.3 Å². The minimum Gasteiger partial charge on any atom is -0.393 e. The van der Waals surface area contributed by atoms with E-state index in [0.717, 1.165) is 6.07 Å². The Bertz CT molecular complexity index is 554. The van der Waals surface area contributed by atoms with Crippen molar-refractivity contribution >= 4 is 21.4 Å². The fourth-order valence-corrected chi connectivity index (χ4v) is 2.72. The smallest absolute Gasteiger partial charge is 0.312 e. The summed E-state index contributed by atoms with van der Waals surface area (Å²) in [4.78, 5) is 9.66. The van der Waals surface area contributed by atoms with Crippen LogP contribution in [0.3, 0.4) is 0 Å². The maximum atomic E-state index is 11.9. The van der Waals surface area contributed by atoms with Crippen LogP contribution in [0.5, 0.6) is 0 Å². The lowest BCUT2D eigenvalue weighted by Crippen LogP contribution is -2.28. The lowest BCUT2D eigenvalue weighted by atomic mass is 10.2. The third-order valence-electron chi connectivity index (χ3n) is 2.18. The van der Waals surface area contributed by atoms with Crippen LogP contribution >= 0.6 is 0 Å². The highest BCUT2D eigenvalue weighted by atomic mass is 32.2. The second-order valence-electron chi connectivity index (χ2n) is 4.20. The number of hydrogen-bond donors (Lipinski definition) is 2. The minimum absolute atomic E-state index is 0.0971. The first-order valence-electron chi connectivity index (χ1n) is 5.28. The highest BCUT2D eigenvalue weighted by Gasteiger charge is 2.27. The van der Waals surface area contributed by atoms with Crippen molar-refractivity contribution in [3.63, 3.8) is 0 Å². The van der Waals surface area contributed by atoms with Crippen LogP contribution in [-0.4, -0.2) is 19.9 Å². The average Bonchev–Trinajstić information content (AvgIpc) is 2.25. The summed E-state index contributed by atoms with van der Waals surface area (Å²) >= 11 is 0. The normalized spacial score (nSPS) is 11.7. The van der Waals surface area contributed by atoms with Gasteiger partial charge < -0.3 is 5.73 Å². The van der Waals surface area contributed by atoms with Gasteiger partial charge in [-0.15, -0.1) is 0 Å². The Morgan fingerprint density at radius 1 is 1.44 bits per heavy atom. The van der Waals surface area contributed by atoms with Gasteiger partial charge in [-0.3, -0.25) is 10.1 Å². The van der Waals surface area contributed by atoms with Gasteiger partial charge in [0.2, 0.25) is 10.0 Å². The Hall–Kier alpha value is -1.67. The third-order valence-corrected chi connectivity index (χ3v) is 3.64. The topological polar surface area (TPSA) is 115 Å². The molecule has 1 aromatic carbocycles. The molecule has 0 aliphatic carbocycles. The van der Waals surface area contributed by atoms with Gasteiger partial charge in [-0.1, -0.05) is 19.9 Å². The molecule has 100 valence electrons. The van der Waals surface area contributed by atoms with E-state index in [-0.39, 0.29) is 18.2 Å². The predicted octanol–water partition coefficient (Wildman–Crippen LogP) is 1.11. The van der Waals surface area contributed by atoms with E-state index in [0.29, 0.717) is 0 Å². The lowest BCUT2D eigenvalue weighted by Gasteiger charge is -2.09. The monoisotopic (exact) mass is 273 g/mol. The number of benzene rings is 1. The molecule has 0 aromatic heterocycles. The fraction of sp³-hybridized carbons (Fsp3) is 0.400. The van der Waals surface area contributed by atoms with Gasteiger partial charge in [0.05, 0.1) is 4.92 Å². The van der Waals surface area contributed by atoms with Gasteiger partial charge in [0.25, 0.3) is 0 Å². The summed E-state index contributed by atoms with van der Waals surface area (Å²) in [6.07, 6.45) is 0. The second-order valence-corrected chi connectivity index (χ2v) is 5.93. The van der Waals surface area contributed by atoms with E-state index < -0.39 is 25.5 Å². The molecule has 0 aliphatic heterocycles. The third kappa shape index (κ3) is 3.17. The molecule has 0 amide bonds. The quantitative estimate of drug-likeness (QED) is 0.473. The van der Waals surface area contributed by atoms with Crippen LogP contribution in [-0.2, 0) is 10.0 Å². The molecular weight excluding hydrogens is 258 g/mol. The predicted molar refractivity (Wildman–Crippen MR) is 67.5 cm³/mol. The molecule has 0 bridgehead atoms. The maximum Gasteiger partial charge on any atom is 0.312 e. The van der Waals surface area contributed by atoms with Gasteiger partial charge in [-0.05, 0) is 18.1 Å². The van der Waals surface area contributed by atoms with Gasteiger partial charge in [-0.25, -0.2) is 13.1 Å². The summed E-state index contributed by atoms with van der Waals surface area (Å²) in [7, 11) is -3.93. The van der Waals surface area contributed by atoms with Crippen LogP contribution in [0.15, 0.2) is 23.1 Å². The number of sulfonamides is 1. The van der Waals surface area contributed by atoms with Crippen LogP contribution < -0.4 is 10.5 Å². The molecule has 1 aromatic rings. The largest absolute Gasteiger partial charge is 0.393 e. The lowest BCUT2D eigenvalue weighted by molar-refractivity contribution is -0.386. The molecule has 0 unspecified atom stereocenters. The van der Waals surface area contributed by atoms with Crippen LogP contribution in [0.25, 0.3) is 0 Å². The van der Waals surface area contributed by atoms with Gasteiger partial charge >= 0.3 is 5.69 Å². The number of nitrogens with one attached hydrogen (secondary N) is 1. The van der Waals surface area contributed by atoms with Crippen molar-refractivity contribution < 1.29 is 13.3 Å². The standard InChI is InChI=1S/C10H15N3O4S/c1-7(2)6-12-18(16,17)9-5-3-4-8(11)10(9)13(14)15/h3-5,7,12H,6,11H2,1-2H3. The zero-order valence-electron chi connectivity index (χ0n) is 10.1. The van der Waals surface area contributed by atoms with Crippen molar-refractivity contribution in [1.82, 2.24) is 4.72 Å². The number of nitrogens with two attached hydrogens (primary N) is 1. The number of nitrogen functional groups attached to an aromatic ring is 1. The SMILES string of the molecule is CC(C)CNS(=O)(=O)c1cccc(N)c1[N+](=O)[O-]. The van der Waals surface area contributed by atoms with Crippen LogP contribution in [0.4, 0.5) is 11.4 Å². The zero-order valence-corrected chi connectivity index (χ0v) is 10.9. The number of hydrogen-bond acceptors (Lipinski definition) is 5. The summed E-state index contributed by atoms with van der Waals surface area (Å²) in [6.45, 7) is 3.86. The molecule has 0 atom stereocenters. The summed E-state index contributed by atoms with van der Waals surface area (Å²) in [5.41, 5.74) is 4.68. The van der Waals surface area contributed by atoms with Gasteiger partial charge in [0.15, 0.2) is 4.90 Å². The molecule has 0 saturated carbocycles. The molecule has 0 heterocycles. The van der Waals surface area contributed by atoms with E-state index in [4.69, 9.17) is 5.73 Å². The molecule has 7 nitrogen and oxygen atoms in total. The number of rotatable bonds is 5. The van der Waals surface area contributed by atoms with Crippen LogP contribution in [0, 0.1) is 16.0 Å². The van der Waals surface area contributed by atoms with Crippen molar-refractivity contribution in [2.24, 2.45) is 5.92 Å². The maximum absolute atomic E-state index is 11.9. The number of nitro groups is 1. The van der Waals surface area contributed by atoms with Crippen molar-refractivity contribution in [2.45, 2.75) is 18.7 Å². The average molecular weight is 273 g/mol. The number of para-hydroxylation sites is 1. The van der Waals surface area contributed by atoms with E-state index in [2.05, 4.69) is 4.72 Å². The summed E-state index contributed by atoms with van der Waals surface area (Å²) in [6, 6.07) is 3.82. The number of anilines is 1. The Morgan fingerprint density at radius 2 is 2.06 bits per heavy atom. The molecule has 0 spiro atoms. The van der Waals surface area contributed by atoms with Gasteiger partial charge in [0, 0.05) is 6.54 Å². The van der Waals surface area contributed by atoms with Crippen molar-refractivity contribution in [3.8, 4) is 0 Å². The van der Waals surface area contributed by atoms with Crippen molar-refractivity contribution in [3.05, 3.63) is 28.3 Å². The molecule has 0 radical (unpaired) electrons. The number of nitrogens with zero attached hydrogens (tertiary/aromatic N) is 1. The molecule has 0 fully saturated rings. The molecule has 1 rings (SSSR count). The van der Waals surface area contributed by atoms with Gasteiger partial charge in [-0.2, -0.15) is 0 Å². The van der Waals surface area contributed by atoms with E-state index in [1.807, 2.05) is 13.8 Å². The van der Waals surface area contributed by atoms with E-state index in [9.17, 15) is 18.5 Å². The zero-order chi connectivity index (χ0) is 13.9. The van der Waals surface area contributed by atoms with Crippen LogP contribution in [0.2, 0.25) is 0 Å². The van der Waals surface area contributed by atoms with E-state index in [1.165, 1.54) is 12.1 Å². The summed E-state index contributed by atoms with van der Waals surface area (Å²) in [5, 5.41) is 10.9. The molecule has 8 heteroatoms. The highest BCUT2D eigenvalue weighted by molar-refractivity contribution is 7.89. The fourth-order valence-electron chi connectivity index (χ4n) is 1.31. The Balaban J connectivity index is 3.24. The first-order valence-corrected chi connectivity index (χ1v) is 6.76. The molecular formula is C10H15N3O4S.